The lowest BCUT2D eigenvalue weighted by Gasteiger charge is -2.34. The minimum atomic E-state index is -0.435. The molecule has 1 aromatic rings. The van der Waals surface area contributed by atoms with Gasteiger partial charge in [-0.3, -0.25) is 14.5 Å². The van der Waals surface area contributed by atoms with Crippen LogP contribution in [0, 0.1) is 5.92 Å². The minimum Gasteiger partial charge on any atom is -0.469 e. The molecule has 0 bridgehead atoms. The van der Waals surface area contributed by atoms with E-state index in [0.29, 0.717) is 25.9 Å². The van der Waals surface area contributed by atoms with Crippen LogP contribution < -0.4 is 5.32 Å². The number of esters is 1. The molecule has 0 aromatic heterocycles. The van der Waals surface area contributed by atoms with Crippen LogP contribution in [0.2, 0.25) is 0 Å². The summed E-state index contributed by atoms with van der Waals surface area (Å²) in [7, 11) is 1.36. The standard InChI is InChI=1S/C19H28N2O4/c1-25-18(23)8-5-11-20-17(22)14-21-12-9-16(10-13-21)19(24)15-6-3-2-4-7-15/h2-4,6-7,16,19,24H,5,8-14H2,1H3,(H,20,22). The lowest BCUT2D eigenvalue weighted by Crippen LogP contribution is -2.42. The van der Waals surface area contributed by atoms with Crippen LogP contribution in [0.15, 0.2) is 30.3 Å². The highest BCUT2D eigenvalue weighted by Gasteiger charge is 2.26. The number of carbonyl (C=O) groups excluding carboxylic acids is 2. The molecule has 0 radical (unpaired) electrons. The first-order chi connectivity index (χ1) is 12.1. The van der Waals surface area contributed by atoms with Gasteiger partial charge in [0.05, 0.1) is 19.8 Å². The summed E-state index contributed by atoms with van der Waals surface area (Å²) in [5.41, 5.74) is 0.962. The normalized spacial score (nSPS) is 17.0. The molecule has 0 spiro atoms. The van der Waals surface area contributed by atoms with Crippen LogP contribution in [-0.2, 0) is 14.3 Å². The van der Waals surface area contributed by atoms with E-state index in [1.165, 1.54) is 7.11 Å². The molecule has 6 nitrogen and oxygen atoms in total. The molecule has 0 saturated carbocycles. The number of hydrogen-bond acceptors (Lipinski definition) is 5. The summed E-state index contributed by atoms with van der Waals surface area (Å²) in [6.45, 7) is 2.47. The van der Waals surface area contributed by atoms with E-state index in [2.05, 4.69) is 15.0 Å². The van der Waals surface area contributed by atoms with Crippen molar-refractivity contribution in [2.75, 3.05) is 33.3 Å². The van der Waals surface area contributed by atoms with Crippen molar-refractivity contribution in [1.29, 1.82) is 0 Å². The molecule has 2 rings (SSSR count). The van der Waals surface area contributed by atoms with E-state index in [0.717, 1.165) is 31.5 Å². The van der Waals surface area contributed by atoms with Gasteiger partial charge >= 0.3 is 5.97 Å². The predicted octanol–water partition coefficient (Wildman–Crippen LogP) is 1.50. The summed E-state index contributed by atoms with van der Waals surface area (Å²) in [6, 6.07) is 9.75. The second-order valence-electron chi connectivity index (χ2n) is 6.50. The average molecular weight is 348 g/mol. The van der Waals surface area contributed by atoms with Gasteiger partial charge in [-0.1, -0.05) is 30.3 Å². The molecule has 1 heterocycles. The van der Waals surface area contributed by atoms with E-state index in [9.17, 15) is 14.7 Å². The van der Waals surface area contributed by atoms with Crippen molar-refractivity contribution in [1.82, 2.24) is 10.2 Å². The average Bonchev–Trinajstić information content (AvgIpc) is 2.65. The molecule has 1 aliphatic rings. The first-order valence-corrected chi connectivity index (χ1v) is 8.89. The number of aliphatic hydroxyl groups is 1. The number of methoxy groups -OCH3 is 1. The van der Waals surface area contributed by atoms with E-state index in [4.69, 9.17) is 0 Å². The summed E-state index contributed by atoms with van der Waals surface area (Å²) in [6.07, 6.45) is 2.23. The molecule has 1 fully saturated rings. The molecule has 1 amide bonds. The zero-order valence-electron chi connectivity index (χ0n) is 14.8. The van der Waals surface area contributed by atoms with Gasteiger partial charge in [0, 0.05) is 13.0 Å². The third-order valence-electron chi connectivity index (χ3n) is 4.69. The monoisotopic (exact) mass is 348 g/mol. The number of carbonyl (C=O) groups is 2. The van der Waals surface area contributed by atoms with Crippen LogP contribution >= 0.6 is 0 Å². The van der Waals surface area contributed by atoms with Gasteiger partial charge in [-0.2, -0.15) is 0 Å². The Kier molecular flexibility index (Phi) is 7.88. The summed E-state index contributed by atoms with van der Waals surface area (Å²) < 4.78 is 4.56. The maximum Gasteiger partial charge on any atom is 0.305 e. The number of nitrogens with one attached hydrogen (secondary N) is 1. The number of likely N-dealkylation sites (tertiary alicyclic amines) is 1. The molecule has 138 valence electrons. The molecular formula is C19H28N2O4. The van der Waals surface area contributed by atoms with Gasteiger partial charge in [0.1, 0.15) is 0 Å². The highest BCUT2D eigenvalue weighted by molar-refractivity contribution is 5.78. The van der Waals surface area contributed by atoms with E-state index in [1.54, 1.807) is 0 Å². The van der Waals surface area contributed by atoms with E-state index in [1.807, 2.05) is 30.3 Å². The highest BCUT2D eigenvalue weighted by atomic mass is 16.5. The number of ether oxygens (including phenoxy) is 1. The zero-order chi connectivity index (χ0) is 18.1. The Morgan fingerprint density at radius 2 is 1.96 bits per heavy atom. The van der Waals surface area contributed by atoms with Gasteiger partial charge in [-0.05, 0) is 43.8 Å². The van der Waals surface area contributed by atoms with Gasteiger partial charge in [0.2, 0.25) is 5.91 Å². The topological polar surface area (TPSA) is 78.9 Å². The zero-order valence-corrected chi connectivity index (χ0v) is 14.8. The van der Waals surface area contributed by atoms with E-state index < -0.39 is 6.10 Å². The highest BCUT2D eigenvalue weighted by Crippen LogP contribution is 2.30. The van der Waals surface area contributed by atoms with Crippen molar-refractivity contribution < 1.29 is 19.4 Å². The lowest BCUT2D eigenvalue weighted by molar-refractivity contribution is -0.140. The summed E-state index contributed by atoms with van der Waals surface area (Å²) in [5.74, 6) is -0.0398. The second-order valence-corrected chi connectivity index (χ2v) is 6.50. The fourth-order valence-electron chi connectivity index (χ4n) is 3.17. The number of benzene rings is 1. The van der Waals surface area contributed by atoms with Crippen LogP contribution in [0.25, 0.3) is 0 Å². The van der Waals surface area contributed by atoms with Crippen LogP contribution in [0.3, 0.4) is 0 Å². The smallest absolute Gasteiger partial charge is 0.305 e. The number of aliphatic hydroxyl groups excluding tert-OH is 1. The number of amides is 1. The Labute approximate surface area is 149 Å². The number of hydrogen-bond donors (Lipinski definition) is 2. The minimum absolute atomic E-state index is 0.0214. The van der Waals surface area contributed by atoms with Gasteiger partial charge in [-0.15, -0.1) is 0 Å². The van der Waals surface area contributed by atoms with Crippen molar-refractivity contribution >= 4 is 11.9 Å². The van der Waals surface area contributed by atoms with Crippen LogP contribution in [-0.4, -0.2) is 55.2 Å². The summed E-state index contributed by atoms with van der Waals surface area (Å²) >= 11 is 0. The lowest BCUT2D eigenvalue weighted by atomic mass is 9.87. The van der Waals surface area contributed by atoms with Crippen molar-refractivity contribution in [2.45, 2.75) is 31.8 Å². The summed E-state index contributed by atoms with van der Waals surface area (Å²) in [5, 5.41) is 13.3. The SMILES string of the molecule is COC(=O)CCCNC(=O)CN1CCC(C(O)c2ccccc2)CC1. The Bertz CT molecular complexity index is 542. The van der Waals surface area contributed by atoms with Gasteiger partial charge < -0.3 is 15.2 Å². The molecule has 1 aliphatic heterocycles. The first kappa shape index (κ1) is 19.4. The van der Waals surface area contributed by atoms with Crippen molar-refractivity contribution in [3.8, 4) is 0 Å². The van der Waals surface area contributed by atoms with Crippen molar-refractivity contribution in [3.05, 3.63) is 35.9 Å². The number of piperidine rings is 1. The third-order valence-corrected chi connectivity index (χ3v) is 4.69. The molecule has 6 heteroatoms. The quantitative estimate of drug-likeness (QED) is 0.550. The Morgan fingerprint density at radius 3 is 2.60 bits per heavy atom. The van der Waals surface area contributed by atoms with E-state index in [-0.39, 0.29) is 17.8 Å². The van der Waals surface area contributed by atoms with Crippen molar-refractivity contribution in [3.63, 3.8) is 0 Å². The first-order valence-electron chi connectivity index (χ1n) is 8.89. The molecule has 2 N–H and O–H groups in total. The fourth-order valence-corrected chi connectivity index (χ4v) is 3.17. The largest absolute Gasteiger partial charge is 0.469 e. The van der Waals surface area contributed by atoms with Crippen molar-refractivity contribution in [2.24, 2.45) is 5.92 Å². The third kappa shape index (κ3) is 6.48. The number of nitrogens with zero attached hydrogens (tertiary/aromatic N) is 1. The van der Waals surface area contributed by atoms with E-state index >= 15 is 0 Å². The maximum absolute atomic E-state index is 11.9. The maximum atomic E-state index is 11.9. The second kappa shape index (κ2) is 10.2. The van der Waals surface area contributed by atoms with Gasteiger partial charge in [-0.25, -0.2) is 0 Å². The molecule has 1 saturated heterocycles. The van der Waals surface area contributed by atoms with Crippen LogP contribution in [0.4, 0.5) is 0 Å². The predicted molar refractivity (Wildman–Crippen MR) is 94.8 cm³/mol. The van der Waals surface area contributed by atoms with Gasteiger partial charge in [0.15, 0.2) is 0 Å². The number of rotatable bonds is 8. The van der Waals surface area contributed by atoms with Crippen LogP contribution in [0.5, 0.6) is 0 Å². The molecule has 1 atom stereocenters. The van der Waals surface area contributed by atoms with Gasteiger partial charge in [0.25, 0.3) is 0 Å². The summed E-state index contributed by atoms with van der Waals surface area (Å²) in [4.78, 5) is 25.1. The molecule has 25 heavy (non-hydrogen) atoms. The Morgan fingerprint density at radius 1 is 1.28 bits per heavy atom. The molecule has 0 aliphatic carbocycles. The molecule has 1 unspecified atom stereocenters. The molecule has 1 aromatic carbocycles. The fraction of sp³-hybridized carbons (Fsp3) is 0.579. The Hall–Kier alpha value is -1.92. The van der Waals surface area contributed by atoms with Crippen LogP contribution in [0.1, 0.15) is 37.4 Å². The Balaban J connectivity index is 1.65. The molecular weight excluding hydrogens is 320 g/mol.